The summed E-state index contributed by atoms with van der Waals surface area (Å²) in [4.78, 5) is 23.6. The molecular weight excluding hydrogens is 318 g/mol. The van der Waals surface area contributed by atoms with E-state index < -0.39 is 17.6 Å². The van der Waals surface area contributed by atoms with Crippen LogP contribution in [0.25, 0.3) is 0 Å². The van der Waals surface area contributed by atoms with E-state index in [4.69, 9.17) is 9.84 Å². The molecule has 0 heterocycles. The summed E-state index contributed by atoms with van der Waals surface area (Å²) in [6.45, 7) is 2.30. The average Bonchev–Trinajstić information content (AvgIpc) is 2.49. The van der Waals surface area contributed by atoms with Gasteiger partial charge in [-0.1, -0.05) is 0 Å². The largest absolute Gasteiger partial charge is 0.507 e. The molecule has 23 heavy (non-hydrogen) atoms. The van der Waals surface area contributed by atoms with Gasteiger partial charge in [0.05, 0.1) is 12.2 Å². The van der Waals surface area contributed by atoms with Gasteiger partial charge in [0.1, 0.15) is 17.1 Å². The zero-order chi connectivity index (χ0) is 17.0. The monoisotopic (exact) mass is 333 g/mol. The fourth-order valence-corrected chi connectivity index (χ4v) is 2.18. The molecule has 2 aromatic carbocycles. The fourth-order valence-electron chi connectivity index (χ4n) is 1.94. The van der Waals surface area contributed by atoms with Crippen molar-refractivity contribution < 1.29 is 24.5 Å². The third-order valence-corrected chi connectivity index (χ3v) is 3.40. The molecule has 0 bridgehead atoms. The molecule has 6 nitrogen and oxygen atoms in total. The molecule has 0 saturated carbocycles. The highest BCUT2D eigenvalue weighted by atomic mass is 32.1. The van der Waals surface area contributed by atoms with Crippen molar-refractivity contribution >= 4 is 30.2 Å². The first-order valence-electron chi connectivity index (χ1n) is 6.76. The van der Waals surface area contributed by atoms with Crippen molar-refractivity contribution in [3.05, 3.63) is 47.5 Å². The number of nitrogens with one attached hydrogen (secondary N) is 1. The topological polar surface area (TPSA) is 95.9 Å². The van der Waals surface area contributed by atoms with E-state index in [1.165, 1.54) is 18.2 Å². The van der Waals surface area contributed by atoms with Crippen molar-refractivity contribution in [2.24, 2.45) is 0 Å². The summed E-state index contributed by atoms with van der Waals surface area (Å²) in [7, 11) is 0. The number of aromatic hydroxyl groups is 1. The number of carbonyl (C=O) groups is 2. The molecule has 7 heteroatoms. The van der Waals surface area contributed by atoms with E-state index in [9.17, 15) is 14.7 Å². The van der Waals surface area contributed by atoms with Crippen LogP contribution in [0.4, 0.5) is 5.69 Å². The summed E-state index contributed by atoms with van der Waals surface area (Å²) < 4.78 is 5.34. The minimum atomic E-state index is -1.25. The molecule has 2 aromatic rings. The summed E-state index contributed by atoms with van der Waals surface area (Å²) in [6, 6.07) is 8.69. The number of benzene rings is 2. The van der Waals surface area contributed by atoms with E-state index in [0.29, 0.717) is 22.8 Å². The summed E-state index contributed by atoms with van der Waals surface area (Å²) in [6.07, 6.45) is 0. The van der Waals surface area contributed by atoms with Crippen LogP contribution in [0.5, 0.6) is 11.5 Å². The Morgan fingerprint density at radius 1 is 1.17 bits per heavy atom. The number of carboxylic acids is 1. The summed E-state index contributed by atoms with van der Waals surface area (Å²) >= 11 is 4.24. The Morgan fingerprint density at radius 2 is 1.91 bits per heavy atom. The number of hydrogen-bond acceptors (Lipinski definition) is 5. The van der Waals surface area contributed by atoms with Crippen molar-refractivity contribution in [2.45, 2.75) is 11.8 Å². The van der Waals surface area contributed by atoms with Gasteiger partial charge in [-0.2, -0.15) is 0 Å². The Balaban J connectivity index is 2.24. The van der Waals surface area contributed by atoms with Crippen molar-refractivity contribution in [3.63, 3.8) is 0 Å². The SMILES string of the molecule is CCOc1ccc(S)c(C(=O)Nc2ccc(C(=O)O)c(O)c2)c1. The van der Waals surface area contributed by atoms with Crippen molar-refractivity contribution in [2.75, 3.05) is 11.9 Å². The molecule has 0 aromatic heterocycles. The molecule has 3 N–H and O–H groups in total. The van der Waals surface area contributed by atoms with E-state index in [1.807, 2.05) is 6.92 Å². The lowest BCUT2D eigenvalue weighted by Gasteiger charge is -2.10. The predicted molar refractivity (Wildman–Crippen MR) is 87.9 cm³/mol. The van der Waals surface area contributed by atoms with E-state index in [0.717, 1.165) is 0 Å². The van der Waals surface area contributed by atoms with Crippen molar-refractivity contribution in [1.82, 2.24) is 0 Å². The first-order valence-corrected chi connectivity index (χ1v) is 7.20. The predicted octanol–water partition coefficient (Wildman–Crippen LogP) is 3.03. The number of phenols is 1. The Hall–Kier alpha value is -2.67. The van der Waals surface area contributed by atoms with Gasteiger partial charge < -0.3 is 20.3 Å². The maximum Gasteiger partial charge on any atom is 0.339 e. The van der Waals surface area contributed by atoms with Gasteiger partial charge in [-0.3, -0.25) is 4.79 Å². The zero-order valence-electron chi connectivity index (χ0n) is 12.2. The van der Waals surface area contributed by atoms with E-state index >= 15 is 0 Å². The molecule has 0 saturated heterocycles. The maximum absolute atomic E-state index is 12.3. The molecule has 1 amide bonds. The van der Waals surface area contributed by atoms with Gasteiger partial charge in [-0.15, -0.1) is 12.6 Å². The number of carbonyl (C=O) groups excluding carboxylic acids is 1. The smallest absolute Gasteiger partial charge is 0.339 e. The highest BCUT2D eigenvalue weighted by Crippen LogP contribution is 2.25. The lowest BCUT2D eigenvalue weighted by Crippen LogP contribution is -2.13. The van der Waals surface area contributed by atoms with Crippen molar-refractivity contribution in [1.29, 1.82) is 0 Å². The van der Waals surface area contributed by atoms with Crippen LogP contribution in [-0.2, 0) is 0 Å². The Morgan fingerprint density at radius 3 is 2.52 bits per heavy atom. The lowest BCUT2D eigenvalue weighted by molar-refractivity contribution is 0.0693. The molecule has 0 aliphatic heterocycles. The van der Waals surface area contributed by atoms with Crippen molar-refractivity contribution in [3.8, 4) is 11.5 Å². The number of thiol groups is 1. The first-order chi connectivity index (χ1) is 10.9. The van der Waals surface area contributed by atoms with Crippen LogP contribution in [0.3, 0.4) is 0 Å². The average molecular weight is 333 g/mol. The van der Waals surface area contributed by atoms with E-state index in [-0.39, 0.29) is 11.3 Å². The molecule has 0 aliphatic rings. The van der Waals surface area contributed by atoms with Gasteiger partial charge in [-0.05, 0) is 37.3 Å². The first kappa shape index (κ1) is 16.7. The number of carboxylic acid groups (broad SMARTS) is 1. The molecule has 0 fully saturated rings. The zero-order valence-corrected chi connectivity index (χ0v) is 13.1. The second-order valence-corrected chi connectivity index (χ2v) is 5.08. The van der Waals surface area contributed by atoms with Gasteiger partial charge in [0.2, 0.25) is 0 Å². The lowest BCUT2D eigenvalue weighted by atomic mass is 10.1. The third-order valence-electron chi connectivity index (χ3n) is 3.01. The van der Waals surface area contributed by atoms with E-state index in [1.54, 1.807) is 18.2 Å². The molecule has 0 radical (unpaired) electrons. The quantitative estimate of drug-likeness (QED) is 0.631. The summed E-state index contributed by atoms with van der Waals surface area (Å²) in [5.74, 6) is -1.58. The molecule has 0 unspecified atom stereocenters. The number of anilines is 1. The minimum absolute atomic E-state index is 0.240. The number of ether oxygens (including phenoxy) is 1. The van der Waals surface area contributed by atoms with E-state index in [2.05, 4.69) is 17.9 Å². The van der Waals surface area contributed by atoms with Gasteiger partial charge in [0.15, 0.2) is 0 Å². The van der Waals surface area contributed by atoms with Crippen LogP contribution in [0, 0.1) is 0 Å². The van der Waals surface area contributed by atoms with Crippen LogP contribution in [0.15, 0.2) is 41.3 Å². The van der Waals surface area contributed by atoms with Crippen LogP contribution in [0.2, 0.25) is 0 Å². The van der Waals surface area contributed by atoms with Gasteiger partial charge in [-0.25, -0.2) is 4.79 Å². The molecule has 120 valence electrons. The molecule has 0 atom stereocenters. The number of hydrogen-bond donors (Lipinski definition) is 4. The third kappa shape index (κ3) is 3.95. The van der Waals surface area contributed by atoms with Crippen LogP contribution in [-0.4, -0.2) is 28.7 Å². The number of rotatable bonds is 5. The second kappa shape index (κ2) is 7.06. The number of amides is 1. The van der Waals surface area contributed by atoms with Gasteiger partial charge >= 0.3 is 5.97 Å². The fraction of sp³-hybridized carbons (Fsp3) is 0.125. The Labute approximate surface area is 138 Å². The second-order valence-electron chi connectivity index (χ2n) is 4.60. The van der Waals surface area contributed by atoms with Crippen LogP contribution < -0.4 is 10.1 Å². The molecule has 0 spiro atoms. The maximum atomic E-state index is 12.3. The molecule has 0 aliphatic carbocycles. The van der Waals surface area contributed by atoms with Gasteiger partial charge in [0, 0.05) is 16.6 Å². The minimum Gasteiger partial charge on any atom is -0.507 e. The molecule has 2 rings (SSSR count). The van der Waals surface area contributed by atoms with Crippen LogP contribution in [0.1, 0.15) is 27.6 Å². The Bertz CT molecular complexity index is 760. The normalized spacial score (nSPS) is 10.2. The standard InChI is InChI=1S/C16H15NO5S/c1-2-22-10-4-6-14(23)12(8-10)15(19)17-9-3-5-11(16(20)21)13(18)7-9/h3-8,18,23H,2H2,1H3,(H,17,19)(H,20,21). The number of aromatic carboxylic acids is 1. The summed E-state index contributed by atoms with van der Waals surface area (Å²) in [5.41, 5.74) is 0.337. The Kier molecular flexibility index (Phi) is 5.13. The van der Waals surface area contributed by atoms with Crippen LogP contribution >= 0.6 is 12.6 Å². The summed E-state index contributed by atoms with van der Waals surface area (Å²) in [5, 5.41) is 21.1. The van der Waals surface area contributed by atoms with Gasteiger partial charge in [0.25, 0.3) is 5.91 Å². The molecular formula is C16H15NO5S. The highest BCUT2D eigenvalue weighted by Gasteiger charge is 2.14. The highest BCUT2D eigenvalue weighted by molar-refractivity contribution is 7.80.